The third-order valence-corrected chi connectivity index (χ3v) is 3.35. The Bertz CT molecular complexity index is 675. The van der Waals surface area contributed by atoms with Crippen molar-refractivity contribution in [3.63, 3.8) is 0 Å². The quantitative estimate of drug-likeness (QED) is 0.680. The number of esters is 1. The fraction of sp³-hybridized carbons (Fsp3) is 0.417. The molecule has 0 fully saturated rings. The van der Waals surface area contributed by atoms with E-state index >= 15 is 0 Å². The topological polar surface area (TPSA) is 76.5 Å². The van der Waals surface area contributed by atoms with Crippen LogP contribution in [0, 0.1) is 6.92 Å². The summed E-state index contributed by atoms with van der Waals surface area (Å²) in [6.07, 6.45) is 0. The number of H-pyrrole nitrogens is 1. The van der Waals surface area contributed by atoms with Gasteiger partial charge in [0.2, 0.25) is 0 Å². The number of hydrogen-bond acceptors (Lipinski definition) is 5. The monoisotopic (exact) mass is 281 g/mol. The van der Waals surface area contributed by atoms with Crippen LogP contribution in [0.2, 0.25) is 0 Å². The lowest BCUT2D eigenvalue weighted by molar-refractivity contribution is 0.0524. The number of ether oxygens (including phenoxy) is 1. The molecule has 0 spiro atoms. The number of aryl methyl sites for hydroxylation is 1. The second kappa shape index (κ2) is 5.48. The summed E-state index contributed by atoms with van der Waals surface area (Å²) in [5.41, 5.74) is 0.979. The Hall–Kier alpha value is -1.76. The summed E-state index contributed by atoms with van der Waals surface area (Å²) in [6, 6.07) is 1.42. The van der Waals surface area contributed by atoms with E-state index in [1.165, 1.54) is 22.3 Å². The van der Waals surface area contributed by atoms with Crippen LogP contribution in [-0.4, -0.2) is 32.9 Å². The van der Waals surface area contributed by atoms with Gasteiger partial charge in [0.05, 0.1) is 6.61 Å². The minimum absolute atomic E-state index is 0.240. The highest BCUT2D eigenvalue weighted by molar-refractivity contribution is 7.99. The van der Waals surface area contributed by atoms with Crippen molar-refractivity contribution in [3.8, 4) is 0 Å². The van der Waals surface area contributed by atoms with Crippen molar-refractivity contribution in [2.24, 2.45) is 0 Å². The number of rotatable bonds is 4. The molecule has 0 radical (unpaired) electrons. The van der Waals surface area contributed by atoms with Gasteiger partial charge in [-0.2, -0.15) is 4.52 Å². The SMILES string of the molecule is CCOC(=O)c1c(SCC)[nH]n2c(=O)cc(C)nc12. The zero-order valence-electron chi connectivity index (χ0n) is 11.0. The third kappa shape index (κ3) is 2.51. The predicted octanol–water partition coefficient (Wildman–Crippen LogP) is 1.62. The molecule has 2 aromatic rings. The lowest BCUT2D eigenvalue weighted by Crippen LogP contribution is -2.15. The van der Waals surface area contributed by atoms with E-state index in [0.717, 1.165) is 5.75 Å². The first kappa shape index (κ1) is 13.7. The molecule has 2 heterocycles. The molecule has 0 bridgehead atoms. The van der Waals surface area contributed by atoms with E-state index in [4.69, 9.17) is 4.74 Å². The molecule has 2 aromatic heterocycles. The number of carbonyl (C=O) groups excluding carboxylic acids is 1. The molecule has 0 saturated heterocycles. The van der Waals surface area contributed by atoms with Crippen molar-refractivity contribution in [1.29, 1.82) is 0 Å². The second-order valence-electron chi connectivity index (χ2n) is 3.86. The molecule has 0 amide bonds. The highest BCUT2D eigenvalue weighted by Gasteiger charge is 2.22. The van der Waals surface area contributed by atoms with Gasteiger partial charge in [-0.15, -0.1) is 11.8 Å². The Balaban J connectivity index is 2.72. The van der Waals surface area contributed by atoms with E-state index in [1.54, 1.807) is 13.8 Å². The van der Waals surface area contributed by atoms with Gasteiger partial charge in [0.25, 0.3) is 5.56 Å². The zero-order chi connectivity index (χ0) is 14.0. The molecule has 2 rings (SSSR count). The van der Waals surface area contributed by atoms with Crippen molar-refractivity contribution < 1.29 is 9.53 Å². The molecule has 6 nitrogen and oxygen atoms in total. The van der Waals surface area contributed by atoms with Crippen molar-refractivity contribution in [2.75, 3.05) is 12.4 Å². The summed E-state index contributed by atoms with van der Waals surface area (Å²) in [5.74, 6) is 0.308. The third-order valence-electron chi connectivity index (χ3n) is 2.48. The van der Waals surface area contributed by atoms with Crippen LogP contribution in [0.3, 0.4) is 0 Å². The number of carbonyl (C=O) groups is 1. The van der Waals surface area contributed by atoms with E-state index in [1.807, 2.05) is 6.92 Å². The van der Waals surface area contributed by atoms with E-state index in [9.17, 15) is 9.59 Å². The summed E-state index contributed by atoms with van der Waals surface area (Å²) in [5, 5.41) is 3.51. The van der Waals surface area contributed by atoms with Crippen molar-refractivity contribution in [2.45, 2.75) is 25.8 Å². The lowest BCUT2D eigenvalue weighted by Gasteiger charge is -2.01. The van der Waals surface area contributed by atoms with Gasteiger partial charge in [-0.25, -0.2) is 9.78 Å². The van der Waals surface area contributed by atoms with Crippen LogP contribution >= 0.6 is 11.8 Å². The molecule has 102 valence electrons. The maximum atomic E-state index is 12.0. The van der Waals surface area contributed by atoms with E-state index < -0.39 is 5.97 Å². The van der Waals surface area contributed by atoms with Gasteiger partial charge < -0.3 is 4.74 Å². The largest absolute Gasteiger partial charge is 0.462 e. The molecule has 1 N–H and O–H groups in total. The minimum atomic E-state index is -0.463. The van der Waals surface area contributed by atoms with Crippen molar-refractivity contribution in [1.82, 2.24) is 14.6 Å². The molecule has 0 aliphatic carbocycles. The lowest BCUT2D eigenvalue weighted by atomic mass is 10.3. The van der Waals surface area contributed by atoms with Crippen molar-refractivity contribution in [3.05, 3.63) is 27.7 Å². The molecule has 0 aliphatic rings. The Morgan fingerprint density at radius 3 is 2.89 bits per heavy atom. The number of thioether (sulfide) groups is 1. The van der Waals surface area contributed by atoms with Crippen LogP contribution in [0.5, 0.6) is 0 Å². The Morgan fingerprint density at radius 2 is 2.26 bits per heavy atom. The second-order valence-corrected chi connectivity index (χ2v) is 5.14. The highest BCUT2D eigenvalue weighted by Crippen LogP contribution is 2.24. The molecular weight excluding hydrogens is 266 g/mol. The summed E-state index contributed by atoms with van der Waals surface area (Å²) in [7, 11) is 0. The molecule has 0 unspecified atom stereocenters. The van der Waals surface area contributed by atoms with Crippen LogP contribution in [0.15, 0.2) is 15.9 Å². The van der Waals surface area contributed by atoms with Gasteiger partial charge in [-0.1, -0.05) is 6.92 Å². The normalized spacial score (nSPS) is 10.9. The Kier molecular flexibility index (Phi) is 3.94. The first-order valence-electron chi connectivity index (χ1n) is 6.00. The van der Waals surface area contributed by atoms with Gasteiger partial charge in [0.15, 0.2) is 5.65 Å². The number of nitrogens with one attached hydrogen (secondary N) is 1. The number of hydrogen-bond donors (Lipinski definition) is 1. The Morgan fingerprint density at radius 1 is 1.53 bits per heavy atom. The fourth-order valence-electron chi connectivity index (χ4n) is 1.77. The molecule has 0 aliphatic heterocycles. The number of fused-ring (bicyclic) bond motifs is 1. The van der Waals surface area contributed by atoms with Crippen LogP contribution in [0.25, 0.3) is 5.65 Å². The van der Waals surface area contributed by atoms with Gasteiger partial charge in [0.1, 0.15) is 10.6 Å². The number of aromatic nitrogens is 3. The van der Waals surface area contributed by atoms with Gasteiger partial charge >= 0.3 is 5.97 Å². The zero-order valence-corrected chi connectivity index (χ0v) is 11.8. The average molecular weight is 281 g/mol. The molecule has 0 atom stereocenters. The van der Waals surface area contributed by atoms with Crippen LogP contribution < -0.4 is 5.56 Å². The summed E-state index contributed by atoms with van der Waals surface area (Å²) >= 11 is 1.44. The Labute approximate surface area is 114 Å². The van der Waals surface area contributed by atoms with Gasteiger partial charge in [-0.3, -0.25) is 9.89 Å². The van der Waals surface area contributed by atoms with Gasteiger partial charge in [0, 0.05) is 11.8 Å². The molecule has 7 heteroatoms. The smallest absolute Gasteiger partial charge is 0.344 e. The molecule has 0 saturated carbocycles. The summed E-state index contributed by atoms with van der Waals surface area (Å²) < 4.78 is 6.31. The molecular formula is C12H15N3O3S. The number of nitrogens with zero attached hydrogens (tertiary/aromatic N) is 2. The standard InChI is InChI=1S/C12H15N3O3S/c1-4-18-12(17)9-10-13-7(3)6-8(16)15(10)14-11(9)19-5-2/h6,14H,4-5H2,1-3H3. The average Bonchev–Trinajstić information content (AvgIpc) is 2.68. The van der Waals surface area contributed by atoms with Crippen LogP contribution in [-0.2, 0) is 4.74 Å². The van der Waals surface area contributed by atoms with Crippen LogP contribution in [0.4, 0.5) is 0 Å². The predicted molar refractivity (Wildman–Crippen MR) is 72.9 cm³/mol. The maximum absolute atomic E-state index is 12.0. The van der Waals surface area contributed by atoms with Gasteiger partial charge in [-0.05, 0) is 19.6 Å². The van der Waals surface area contributed by atoms with E-state index in [-0.39, 0.29) is 12.2 Å². The van der Waals surface area contributed by atoms with Crippen molar-refractivity contribution >= 4 is 23.4 Å². The minimum Gasteiger partial charge on any atom is -0.462 e. The maximum Gasteiger partial charge on any atom is 0.344 e. The molecule has 0 aromatic carbocycles. The molecule has 19 heavy (non-hydrogen) atoms. The van der Waals surface area contributed by atoms with E-state index in [2.05, 4.69) is 10.1 Å². The van der Waals surface area contributed by atoms with Crippen LogP contribution in [0.1, 0.15) is 29.9 Å². The summed E-state index contributed by atoms with van der Waals surface area (Å²) in [6.45, 7) is 5.70. The highest BCUT2D eigenvalue weighted by atomic mass is 32.2. The first-order chi connectivity index (χ1) is 9.08. The first-order valence-corrected chi connectivity index (χ1v) is 6.99. The summed E-state index contributed by atoms with van der Waals surface area (Å²) in [4.78, 5) is 28.2. The van der Waals surface area contributed by atoms with E-state index in [0.29, 0.717) is 21.9 Å². The fourth-order valence-corrected chi connectivity index (χ4v) is 2.53. The number of aromatic amines is 1.